The minimum atomic E-state index is -0.305. The molecule has 0 spiro atoms. The van der Waals surface area contributed by atoms with E-state index in [1.165, 1.54) is 71.4 Å². The lowest BCUT2D eigenvalue weighted by atomic mass is 9.78. The van der Waals surface area contributed by atoms with E-state index >= 15 is 0 Å². The second-order valence-electron chi connectivity index (χ2n) is 17.6. The van der Waals surface area contributed by atoms with Crippen LogP contribution in [0.4, 0.5) is 0 Å². The first-order chi connectivity index (χ1) is 30.5. The van der Waals surface area contributed by atoms with Gasteiger partial charge in [-0.05, 0) is 93.4 Å². The molecule has 0 aliphatic heterocycles. The summed E-state index contributed by atoms with van der Waals surface area (Å²) in [5.41, 5.74) is 16.3. The number of para-hydroxylation sites is 4. The molecule has 0 bridgehead atoms. The van der Waals surface area contributed by atoms with Gasteiger partial charge >= 0.3 is 0 Å². The van der Waals surface area contributed by atoms with Crippen molar-refractivity contribution in [2.75, 3.05) is 0 Å². The van der Waals surface area contributed by atoms with Gasteiger partial charge in [-0.2, -0.15) is 0 Å². The first-order valence-electron chi connectivity index (χ1n) is 21.5. The number of benzene rings is 9. The van der Waals surface area contributed by atoms with E-state index in [4.69, 9.17) is 0 Å². The molecule has 9 aromatic carbocycles. The molecule has 1 aliphatic rings. The largest absolute Gasteiger partial charge is 0.307 e. The van der Waals surface area contributed by atoms with Crippen molar-refractivity contribution in [2.24, 2.45) is 0 Å². The Balaban J connectivity index is 0.991. The van der Waals surface area contributed by atoms with Gasteiger partial charge in [-0.25, -0.2) is 0 Å². The molecule has 290 valence electrons. The maximum atomic E-state index is 14.1. The zero-order valence-electron chi connectivity index (χ0n) is 34.1. The van der Waals surface area contributed by atoms with Crippen LogP contribution in [-0.4, -0.2) is 13.5 Å². The molecule has 0 saturated carbocycles. The van der Waals surface area contributed by atoms with E-state index in [0.717, 1.165) is 54.9 Å². The molecular weight excluding hydrogens is 755 g/mol. The molecule has 0 atom stereocenters. The van der Waals surface area contributed by atoms with Gasteiger partial charge in [-0.1, -0.05) is 147 Å². The van der Waals surface area contributed by atoms with Crippen LogP contribution in [0.1, 0.15) is 25.0 Å². The van der Waals surface area contributed by atoms with Crippen molar-refractivity contribution in [2.45, 2.75) is 19.3 Å². The Morgan fingerprint density at radius 2 is 0.935 bits per heavy atom. The highest BCUT2D eigenvalue weighted by molar-refractivity contribution is 6.24. The lowest BCUT2D eigenvalue weighted by molar-refractivity contribution is 0.661. The summed E-state index contributed by atoms with van der Waals surface area (Å²) < 4.78 is 6.90. The normalized spacial score (nSPS) is 13.5. The van der Waals surface area contributed by atoms with Crippen LogP contribution in [0.25, 0.3) is 115 Å². The second kappa shape index (κ2) is 11.9. The van der Waals surface area contributed by atoms with E-state index in [1.807, 2.05) is 22.6 Å². The monoisotopic (exact) mass is 791 g/mol. The fourth-order valence-corrected chi connectivity index (χ4v) is 11.6. The molecule has 0 fully saturated rings. The molecule has 0 radical (unpaired) electrons. The van der Waals surface area contributed by atoms with Crippen molar-refractivity contribution in [1.82, 2.24) is 13.5 Å². The zero-order chi connectivity index (χ0) is 41.0. The van der Waals surface area contributed by atoms with Crippen LogP contribution in [0, 0.1) is 0 Å². The number of hydrogen-bond donors (Lipinski definition) is 0. The highest BCUT2D eigenvalue weighted by atomic mass is 16.1. The minimum Gasteiger partial charge on any atom is -0.307 e. The van der Waals surface area contributed by atoms with Crippen LogP contribution in [0.3, 0.4) is 0 Å². The third-order valence-electron chi connectivity index (χ3n) is 14.1. The Morgan fingerprint density at radius 3 is 1.66 bits per heavy atom. The van der Waals surface area contributed by atoms with Crippen LogP contribution in [-0.2, 0) is 5.41 Å². The molecule has 4 heteroatoms. The zero-order valence-corrected chi connectivity index (χ0v) is 34.1. The van der Waals surface area contributed by atoms with Crippen molar-refractivity contribution in [3.63, 3.8) is 0 Å². The van der Waals surface area contributed by atoms with Gasteiger partial charge in [0, 0.05) is 59.9 Å². The summed E-state index contributed by atoms with van der Waals surface area (Å²) in [4.78, 5) is 14.1. The predicted molar refractivity (Wildman–Crippen MR) is 259 cm³/mol. The van der Waals surface area contributed by atoms with E-state index in [-0.39, 0.29) is 11.0 Å². The summed E-state index contributed by atoms with van der Waals surface area (Å²) >= 11 is 0. The minimum absolute atomic E-state index is 0.0329. The third kappa shape index (κ3) is 4.18. The second-order valence-corrected chi connectivity index (χ2v) is 17.6. The number of pyridine rings is 1. The molecule has 1 aliphatic carbocycles. The van der Waals surface area contributed by atoms with E-state index in [2.05, 4.69) is 193 Å². The van der Waals surface area contributed by atoms with Crippen LogP contribution < -0.4 is 5.56 Å². The number of rotatable bonds is 3. The molecule has 62 heavy (non-hydrogen) atoms. The van der Waals surface area contributed by atoms with Crippen LogP contribution >= 0.6 is 0 Å². The molecule has 0 unspecified atom stereocenters. The van der Waals surface area contributed by atoms with Crippen molar-refractivity contribution >= 4 is 81.6 Å². The third-order valence-corrected chi connectivity index (χ3v) is 14.1. The SMILES string of the molecule is CC1(C)c2cc(-n3c4ccccc4c4ccc5c6ccccc6n(-c6ccccc6)c5c43)ccc2-c2cccc(-c3ccc4c(c3)c3cccc5c6ccccc6c(=O)n4c53)c21. The molecule has 13 aromatic rings. The summed E-state index contributed by atoms with van der Waals surface area (Å²) in [6.07, 6.45) is 0. The number of aromatic nitrogens is 3. The fraction of sp³-hybridized carbons (Fsp3) is 0.0517. The Kier molecular flexibility index (Phi) is 6.48. The van der Waals surface area contributed by atoms with Crippen molar-refractivity contribution in [1.29, 1.82) is 0 Å². The molecule has 0 saturated heterocycles. The van der Waals surface area contributed by atoms with Crippen molar-refractivity contribution in [3.8, 4) is 33.6 Å². The highest BCUT2D eigenvalue weighted by Gasteiger charge is 2.38. The maximum Gasteiger partial charge on any atom is 0.263 e. The number of nitrogens with zero attached hydrogens (tertiary/aromatic N) is 3. The predicted octanol–water partition coefficient (Wildman–Crippen LogP) is 14.4. The molecule has 0 amide bonds. The van der Waals surface area contributed by atoms with Crippen LogP contribution in [0.5, 0.6) is 0 Å². The van der Waals surface area contributed by atoms with Crippen LogP contribution in [0.2, 0.25) is 0 Å². The summed E-state index contributed by atoms with van der Waals surface area (Å²) in [6, 6.07) is 68.1. The van der Waals surface area contributed by atoms with E-state index in [1.54, 1.807) is 0 Å². The quantitative estimate of drug-likeness (QED) is 0.164. The van der Waals surface area contributed by atoms with E-state index < -0.39 is 0 Å². The maximum absolute atomic E-state index is 14.1. The van der Waals surface area contributed by atoms with Gasteiger partial charge in [0.2, 0.25) is 0 Å². The Labute approximate surface area is 356 Å². The summed E-state index contributed by atoms with van der Waals surface area (Å²) in [6.45, 7) is 4.77. The molecule has 14 rings (SSSR count). The molecule has 4 aromatic heterocycles. The molecule has 4 heterocycles. The fourth-order valence-electron chi connectivity index (χ4n) is 11.6. The first-order valence-corrected chi connectivity index (χ1v) is 21.5. The van der Waals surface area contributed by atoms with Gasteiger partial charge in [-0.3, -0.25) is 9.20 Å². The number of fused-ring (bicyclic) bond motifs is 15. The van der Waals surface area contributed by atoms with Crippen molar-refractivity contribution in [3.05, 3.63) is 210 Å². The molecule has 4 nitrogen and oxygen atoms in total. The van der Waals surface area contributed by atoms with E-state index in [0.29, 0.717) is 0 Å². The Morgan fingerprint density at radius 1 is 0.371 bits per heavy atom. The Bertz CT molecular complexity index is 4140. The molecular formula is C58H37N3O. The Hall–Kier alpha value is -7.95. The smallest absolute Gasteiger partial charge is 0.263 e. The van der Waals surface area contributed by atoms with Gasteiger partial charge in [0.05, 0.1) is 33.1 Å². The standard InChI is InChI=1S/C58H37N3O/c1-58(2)49-33-36(60-51-25-11-9-18-41(51)46-30-29-45-40-17-8-10-24-50(40)59(55(45)56(46)60)35-14-4-3-5-15-35)27-28-39(49)42-21-12-20-37(53(42)58)34-26-31-52-48(32-34)44-23-13-22-43-38-16-6-7-19-47(38)57(62)61(52)54(43)44/h3-33H,1-2H3. The lowest BCUT2D eigenvalue weighted by Crippen LogP contribution is -2.16. The summed E-state index contributed by atoms with van der Waals surface area (Å²) in [7, 11) is 0. The first kappa shape index (κ1) is 33.8. The summed E-state index contributed by atoms with van der Waals surface area (Å²) in [5.74, 6) is 0. The van der Waals surface area contributed by atoms with Gasteiger partial charge < -0.3 is 9.13 Å². The van der Waals surface area contributed by atoms with E-state index in [9.17, 15) is 4.79 Å². The van der Waals surface area contributed by atoms with Gasteiger partial charge in [0.1, 0.15) is 0 Å². The van der Waals surface area contributed by atoms with Crippen LogP contribution in [0.15, 0.2) is 193 Å². The topological polar surface area (TPSA) is 31.3 Å². The average Bonchev–Trinajstić information content (AvgIpc) is 4.02. The van der Waals surface area contributed by atoms with Gasteiger partial charge in [0.15, 0.2) is 0 Å². The highest BCUT2D eigenvalue weighted by Crippen LogP contribution is 2.53. The van der Waals surface area contributed by atoms with Crippen molar-refractivity contribution < 1.29 is 0 Å². The summed E-state index contributed by atoms with van der Waals surface area (Å²) in [5, 5.41) is 10.0. The lowest BCUT2D eigenvalue weighted by Gasteiger charge is -2.25. The molecule has 0 N–H and O–H groups in total. The average molecular weight is 792 g/mol. The van der Waals surface area contributed by atoms with Gasteiger partial charge in [0.25, 0.3) is 5.56 Å². The number of hydrogen-bond acceptors (Lipinski definition) is 1. The van der Waals surface area contributed by atoms with Gasteiger partial charge in [-0.15, -0.1) is 0 Å².